The third-order valence-electron chi connectivity index (χ3n) is 1.57. The molecule has 6 nitrogen and oxygen atoms in total. The third-order valence-corrected chi connectivity index (χ3v) is 1.57. The van der Waals surface area contributed by atoms with E-state index < -0.39 is 24.4 Å². The molecule has 6 heteroatoms. The summed E-state index contributed by atoms with van der Waals surface area (Å²) in [6.07, 6.45) is -1.35. The van der Waals surface area contributed by atoms with Crippen LogP contribution in [-0.2, 0) is 14.3 Å². The Morgan fingerprint density at radius 1 is 1.50 bits per heavy atom. The number of hydrogen-bond donors (Lipinski definition) is 2. The van der Waals surface area contributed by atoms with Crippen LogP contribution in [0.25, 0.3) is 0 Å². The van der Waals surface area contributed by atoms with Crippen molar-refractivity contribution in [3.8, 4) is 0 Å². The summed E-state index contributed by atoms with van der Waals surface area (Å²) in [5, 5.41) is 17.6. The van der Waals surface area contributed by atoms with Crippen LogP contribution in [0.5, 0.6) is 0 Å². The molecule has 0 heterocycles. The number of aliphatic hydroxyl groups is 1. The molecule has 0 aromatic heterocycles. The van der Waals surface area contributed by atoms with Crippen molar-refractivity contribution in [2.45, 2.75) is 12.5 Å². The maximum Gasteiger partial charge on any atom is 0.312 e. The van der Waals surface area contributed by atoms with Crippen LogP contribution in [0.15, 0.2) is 0 Å². The Labute approximate surface area is 82.1 Å². The highest BCUT2D eigenvalue weighted by Crippen LogP contribution is 1.94. The number of carboxylic acid groups (broad SMARTS) is 1. The fourth-order valence-electron chi connectivity index (χ4n) is 0.927. The van der Waals surface area contributed by atoms with E-state index in [4.69, 9.17) is 5.11 Å². The van der Waals surface area contributed by atoms with Gasteiger partial charge in [0.1, 0.15) is 6.42 Å². The Morgan fingerprint density at radius 2 is 2.07 bits per heavy atom. The predicted molar refractivity (Wildman–Crippen MR) is 47.8 cm³/mol. The molecule has 0 radical (unpaired) electrons. The van der Waals surface area contributed by atoms with E-state index in [0.717, 1.165) is 4.90 Å². The van der Waals surface area contributed by atoms with Crippen molar-refractivity contribution in [2.24, 2.45) is 0 Å². The maximum absolute atomic E-state index is 11.1. The zero-order chi connectivity index (χ0) is 11.1. The molecule has 1 atom stereocenters. The SMILES string of the molecule is COCC(O)CN(C)C(=O)CC(=O)O. The number of aliphatic hydroxyl groups excluding tert-OH is 1. The Hall–Kier alpha value is -1.14. The van der Waals surface area contributed by atoms with E-state index in [1.165, 1.54) is 14.2 Å². The standard InChI is InChI=1S/C8H15NO5/c1-9(4-6(10)5-14-2)7(11)3-8(12)13/h6,10H,3-5H2,1-2H3,(H,12,13). The van der Waals surface area contributed by atoms with Crippen molar-refractivity contribution >= 4 is 11.9 Å². The molecule has 0 aliphatic heterocycles. The Balaban J connectivity index is 3.88. The summed E-state index contributed by atoms with van der Waals surface area (Å²) < 4.78 is 4.66. The number of carbonyl (C=O) groups is 2. The van der Waals surface area contributed by atoms with Gasteiger partial charge in [-0.2, -0.15) is 0 Å². The minimum Gasteiger partial charge on any atom is -0.481 e. The first-order valence-corrected chi connectivity index (χ1v) is 4.10. The monoisotopic (exact) mass is 205 g/mol. The molecule has 0 aliphatic rings. The van der Waals surface area contributed by atoms with Crippen molar-refractivity contribution in [3.05, 3.63) is 0 Å². The van der Waals surface area contributed by atoms with Crippen LogP contribution in [0.3, 0.4) is 0 Å². The van der Waals surface area contributed by atoms with Crippen LogP contribution in [0.4, 0.5) is 0 Å². The fraction of sp³-hybridized carbons (Fsp3) is 0.750. The van der Waals surface area contributed by atoms with Gasteiger partial charge in [0, 0.05) is 20.7 Å². The summed E-state index contributed by atoms with van der Waals surface area (Å²) in [5.74, 6) is -1.71. The normalized spacial score (nSPS) is 12.2. The molecule has 0 rings (SSSR count). The lowest BCUT2D eigenvalue weighted by atomic mass is 10.3. The molecule has 0 saturated heterocycles. The lowest BCUT2D eigenvalue weighted by molar-refractivity contribution is -0.144. The van der Waals surface area contributed by atoms with Gasteiger partial charge in [-0.25, -0.2) is 0 Å². The van der Waals surface area contributed by atoms with E-state index in [1.54, 1.807) is 0 Å². The minimum atomic E-state index is -1.18. The molecule has 0 bridgehead atoms. The molecule has 1 unspecified atom stereocenters. The average molecular weight is 205 g/mol. The molecular formula is C8H15NO5. The van der Waals surface area contributed by atoms with Crippen molar-refractivity contribution in [1.82, 2.24) is 4.90 Å². The highest BCUT2D eigenvalue weighted by atomic mass is 16.5. The van der Waals surface area contributed by atoms with Gasteiger partial charge in [0.2, 0.25) is 5.91 Å². The molecule has 0 aromatic rings. The zero-order valence-corrected chi connectivity index (χ0v) is 8.27. The van der Waals surface area contributed by atoms with Gasteiger partial charge in [0.15, 0.2) is 0 Å². The molecule has 0 spiro atoms. The quantitative estimate of drug-likeness (QED) is 0.539. The van der Waals surface area contributed by atoms with Gasteiger partial charge in [-0.3, -0.25) is 9.59 Å². The van der Waals surface area contributed by atoms with Gasteiger partial charge in [-0.15, -0.1) is 0 Å². The van der Waals surface area contributed by atoms with Crippen LogP contribution < -0.4 is 0 Å². The zero-order valence-electron chi connectivity index (χ0n) is 8.27. The first-order valence-electron chi connectivity index (χ1n) is 4.10. The summed E-state index contributed by atoms with van der Waals surface area (Å²) in [6.45, 7) is 0.185. The topological polar surface area (TPSA) is 87.1 Å². The van der Waals surface area contributed by atoms with Gasteiger partial charge < -0.3 is 19.8 Å². The van der Waals surface area contributed by atoms with Crippen molar-refractivity contribution in [1.29, 1.82) is 0 Å². The second-order valence-corrected chi connectivity index (χ2v) is 2.95. The first-order chi connectivity index (χ1) is 6.47. The van der Waals surface area contributed by atoms with E-state index in [2.05, 4.69) is 4.74 Å². The molecule has 14 heavy (non-hydrogen) atoms. The molecule has 2 N–H and O–H groups in total. The third kappa shape index (κ3) is 5.50. The van der Waals surface area contributed by atoms with Crippen molar-refractivity contribution < 1.29 is 24.5 Å². The van der Waals surface area contributed by atoms with E-state index in [0.29, 0.717) is 0 Å². The number of carboxylic acids is 1. The van der Waals surface area contributed by atoms with Gasteiger partial charge in [0.05, 0.1) is 12.7 Å². The fourth-order valence-corrected chi connectivity index (χ4v) is 0.927. The van der Waals surface area contributed by atoms with Crippen LogP contribution >= 0.6 is 0 Å². The average Bonchev–Trinajstić information content (AvgIpc) is 2.02. The highest BCUT2D eigenvalue weighted by Gasteiger charge is 2.15. The van der Waals surface area contributed by atoms with Crippen LogP contribution in [0.1, 0.15) is 6.42 Å². The van der Waals surface area contributed by atoms with Gasteiger partial charge >= 0.3 is 5.97 Å². The van der Waals surface area contributed by atoms with Crippen molar-refractivity contribution in [3.63, 3.8) is 0 Å². The number of carbonyl (C=O) groups excluding carboxylic acids is 1. The number of aliphatic carboxylic acids is 1. The van der Waals surface area contributed by atoms with Crippen molar-refractivity contribution in [2.75, 3.05) is 27.3 Å². The van der Waals surface area contributed by atoms with Crippen LogP contribution in [-0.4, -0.2) is 60.4 Å². The highest BCUT2D eigenvalue weighted by molar-refractivity contribution is 5.93. The predicted octanol–water partition coefficient (Wildman–Crippen LogP) is -1.07. The number of methoxy groups -OCH3 is 1. The van der Waals surface area contributed by atoms with E-state index in [-0.39, 0.29) is 13.2 Å². The lowest BCUT2D eigenvalue weighted by Crippen LogP contribution is -2.37. The molecule has 0 saturated carbocycles. The molecule has 82 valence electrons. The number of nitrogens with zero attached hydrogens (tertiary/aromatic N) is 1. The summed E-state index contributed by atoms with van der Waals surface area (Å²) in [7, 11) is 2.87. The lowest BCUT2D eigenvalue weighted by Gasteiger charge is -2.19. The van der Waals surface area contributed by atoms with Gasteiger partial charge in [0.25, 0.3) is 0 Å². The second kappa shape index (κ2) is 6.33. The molecule has 0 aromatic carbocycles. The number of ether oxygens (including phenoxy) is 1. The first kappa shape index (κ1) is 12.9. The van der Waals surface area contributed by atoms with E-state index in [9.17, 15) is 14.7 Å². The number of hydrogen-bond acceptors (Lipinski definition) is 4. The molecule has 0 aliphatic carbocycles. The van der Waals surface area contributed by atoms with Crippen LogP contribution in [0.2, 0.25) is 0 Å². The number of rotatable bonds is 6. The molecule has 1 amide bonds. The maximum atomic E-state index is 11.1. The second-order valence-electron chi connectivity index (χ2n) is 2.95. The van der Waals surface area contributed by atoms with Gasteiger partial charge in [-0.05, 0) is 0 Å². The van der Waals surface area contributed by atoms with E-state index in [1.807, 2.05) is 0 Å². The number of amides is 1. The summed E-state index contributed by atoms with van der Waals surface area (Å²) in [5.41, 5.74) is 0. The molecular weight excluding hydrogens is 190 g/mol. The number of likely N-dealkylation sites (N-methyl/N-ethyl adjacent to an activating group) is 1. The largest absolute Gasteiger partial charge is 0.481 e. The Kier molecular flexibility index (Phi) is 5.82. The Morgan fingerprint density at radius 3 is 2.50 bits per heavy atom. The van der Waals surface area contributed by atoms with Crippen LogP contribution in [0, 0.1) is 0 Å². The summed E-state index contributed by atoms with van der Waals surface area (Å²) >= 11 is 0. The van der Waals surface area contributed by atoms with E-state index >= 15 is 0 Å². The minimum absolute atomic E-state index is 0.0694. The van der Waals surface area contributed by atoms with Gasteiger partial charge in [-0.1, -0.05) is 0 Å². The smallest absolute Gasteiger partial charge is 0.312 e. The summed E-state index contributed by atoms with van der Waals surface area (Å²) in [4.78, 5) is 22.4. The Bertz CT molecular complexity index is 206. The summed E-state index contributed by atoms with van der Waals surface area (Å²) in [6, 6.07) is 0. The molecule has 0 fully saturated rings.